The van der Waals surface area contributed by atoms with Gasteiger partial charge in [0.15, 0.2) is 0 Å². The van der Waals surface area contributed by atoms with E-state index in [9.17, 15) is 14.0 Å². The Bertz CT molecular complexity index is 829. The first-order valence-electron chi connectivity index (χ1n) is 8.37. The molecule has 25 heavy (non-hydrogen) atoms. The fourth-order valence-electron chi connectivity index (χ4n) is 3.91. The van der Waals surface area contributed by atoms with Gasteiger partial charge < -0.3 is 14.2 Å². The van der Waals surface area contributed by atoms with Crippen LogP contribution in [0.5, 0.6) is 0 Å². The van der Waals surface area contributed by atoms with Crippen molar-refractivity contribution < 1.29 is 18.4 Å². The Balaban J connectivity index is 1.51. The van der Waals surface area contributed by atoms with Crippen LogP contribution in [0.4, 0.5) is 10.1 Å². The van der Waals surface area contributed by atoms with Gasteiger partial charge in [-0.2, -0.15) is 0 Å². The minimum Gasteiger partial charge on any atom is -0.469 e. The van der Waals surface area contributed by atoms with E-state index in [-0.39, 0.29) is 23.0 Å². The number of anilines is 1. The van der Waals surface area contributed by atoms with Crippen molar-refractivity contribution in [2.24, 2.45) is 5.41 Å². The van der Waals surface area contributed by atoms with E-state index in [0.29, 0.717) is 43.1 Å². The van der Waals surface area contributed by atoms with Gasteiger partial charge in [0.05, 0.1) is 11.8 Å². The van der Waals surface area contributed by atoms with Crippen molar-refractivity contribution in [3.05, 3.63) is 53.7 Å². The third kappa shape index (κ3) is 2.71. The van der Waals surface area contributed by atoms with Crippen LogP contribution in [-0.4, -0.2) is 36.3 Å². The Morgan fingerprint density at radius 2 is 1.96 bits per heavy atom. The summed E-state index contributed by atoms with van der Waals surface area (Å²) in [5.74, 6) is 0.274. The summed E-state index contributed by atoms with van der Waals surface area (Å²) >= 11 is 0. The van der Waals surface area contributed by atoms with Gasteiger partial charge in [0, 0.05) is 37.2 Å². The molecule has 2 fully saturated rings. The molecule has 2 saturated heterocycles. The Morgan fingerprint density at radius 3 is 2.64 bits per heavy atom. The van der Waals surface area contributed by atoms with Gasteiger partial charge in [-0.1, -0.05) is 0 Å². The fourth-order valence-corrected chi connectivity index (χ4v) is 3.91. The molecule has 2 amide bonds. The molecular formula is C19H19FN2O3. The second-order valence-electron chi connectivity index (χ2n) is 7.00. The number of hydrogen-bond acceptors (Lipinski definition) is 3. The van der Waals surface area contributed by atoms with Gasteiger partial charge in [-0.3, -0.25) is 9.59 Å². The van der Waals surface area contributed by atoms with E-state index in [4.69, 9.17) is 4.42 Å². The number of hydrogen-bond donors (Lipinski definition) is 0. The third-order valence-corrected chi connectivity index (χ3v) is 5.27. The van der Waals surface area contributed by atoms with E-state index in [2.05, 4.69) is 0 Å². The van der Waals surface area contributed by atoms with Gasteiger partial charge in [0.25, 0.3) is 5.91 Å². The van der Waals surface area contributed by atoms with E-state index in [0.717, 1.165) is 6.42 Å². The lowest BCUT2D eigenvalue weighted by atomic mass is 9.86. The number of nitrogens with zero attached hydrogens (tertiary/aromatic N) is 2. The highest BCUT2D eigenvalue weighted by molar-refractivity contribution is 5.98. The molecule has 130 valence electrons. The number of aryl methyl sites for hydroxylation is 1. The second-order valence-corrected chi connectivity index (χ2v) is 7.00. The molecule has 0 N–H and O–H groups in total. The first-order valence-corrected chi connectivity index (χ1v) is 8.37. The van der Waals surface area contributed by atoms with Gasteiger partial charge in [-0.05, 0) is 43.7 Å². The molecule has 3 heterocycles. The summed E-state index contributed by atoms with van der Waals surface area (Å²) in [5.41, 5.74) is 1.06. The molecule has 2 aromatic rings. The summed E-state index contributed by atoms with van der Waals surface area (Å²) < 4.78 is 18.3. The Labute approximate surface area is 145 Å². The molecule has 2 aliphatic rings. The van der Waals surface area contributed by atoms with Crippen molar-refractivity contribution in [2.75, 3.05) is 24.5 Å². The van der Waals surface area contributed by atoms with Crippen molar-refractivity contribution in [3.8, 4) is 0 Å². The molecule has 0 bridgehead atoms. The lowest BCUT2D eigenvalue weighted by Gasteiger charge is -2.24. The van der Waals surface area contributed by atoms with Gasteiger partial charge >= 0.3 is 0 Å². The van der Waals surface area contributed by atoms with Crippen LogP contribution in [0.2, 0.25) is 0 Å². The molecule has 6 heteroatoms. The standard InChI is InChI=1S/C19H19FN2O3/c1-13-16(6-9-25-13)18(24)21-8-7-19(11-21)10-17(23)22(12-19)15-4-2-14(20)3-5-15/h2-6,9H,7-8,10-12H2,1H3/t19-/m1/s1. The maximum absolute atomic E-state index is 13.1. The maximum atomic E-state index is 13.1. The summed E-state index contributed by atoms with van der Waals surface area (Å²) in [6.45, 7) is 3.52. The first-order chi connectivity index (χ1) is 12.0. The SMILES string of the molecule is Cc1occc1C(=O)N1CC[C@@]2(CC(=O)N(c3ccc(F)cc3)C2)C1. The van der Waals surface area contributed by atoms with Crippen LogP contribution in [0.3, 0.4) is 0 Å². The van der Waals surface area contributed by atoms with E-state index < -0.39 is 0 Å². The quantitative estimate of drug-likeness (QED) is 0.843. The molecule has 5 nitrogen and oxygen atoms in total. The summed E-state index contributed by atoms with van der Waals surface area (Å²) in [4.78, 5) is 28.7. The molecular weight excluding hydrogens is 323 g/mol. The molecule has 1 atom stereocenters. The zero-order valence-electron chi connectivity index (χ0n) is 14.0. The minimum absolute atomic E-state index is 0.0281. The van der Waals surface area contributed by atoms with Crippen LogP contribution in [0, 0.1) is 18.2 Å². The Hall–Kier alpha value is -2.63. The van der Waals surface area contributed by atoms with Crippen LogP contribution in [0.1, 0.15) is 29.0 Å². The summed E-state index contributed by atoms with van der Waals surface area (Å²) in [5, 5.41) is 0. The van der Waals surface area contributed by atoms with Gasteiger partial charge in [-0.25, -0.2) is 4.39 Å². The monoisotopic (exact) mass is 342 g/mol. The normalized spacial score (nSPS) is 23.0. The smallest absolute Gasteiger partial charge is 0.257 e. The summed E-state index contributed by atoms with van der Waals surface area (Å²) in [6.07, 6.45) is 2.72. The third-order valence-electron chi connectivity index (χ3n) is 5.27. The predicted octanol–water partition coefficient (Wildman–Crippen LogP) is 3.00. The average molecular weight is 342 g/mol. The molecule has 1 aromatic carbocycles. The second kappa shape index (κ2) is 5.72. The summed E-state index contributed by atoms with van der Waals surface area (Å²) in [7, 11) is 0. The van der Waals surface area contributed by atoms with Gasteiger partial charge in [0.2, 0.25) is 5.91 Å². The van der Waals surface area contributed by atoms with E-state index in [1.165, 1.54) is 18.4 Å². The highest BCUT2D eigenvalue weighted by Gasteiger charge is 2.49. The number of furan rings is 1. The number of carbonyl (C=O) groups is 2. The fraction of sp³-hybridized carbons (Fsp3) is 0.368. The minimum atomic E-state index is -0.321. The van der Waals surface area contributed by atoms with Crippen molar-refractivity contribution >= 4 is 17.5 Å². The lowest BCUT2D eigenvalue weighted by Crippen LogP contribution is -2.34. The first kappa shape index (κ1) is 15.9. The number of rotatable bonds is 2. The van der Waals surface area contributed by atoms with Crippen molar-refractivity contribution in [3.63, 3.8) is 0 Å². The summed E-state index contributed by atoms with van der Waals surface area (Å²) in [6, 6.07) is 7.66. The Kier molecular flexibility index (Phi) is 3.63. The number of benzene rings is 1. The number of halogens is 1. The zero-order valence-corrected chi connectivity index (χ0v) is 14.0. The molecule has 0 aliphatic carbocycles. The molecule has 0 radical (unpaired) electrons. The topological polar surface area (TPSA) is 53.8 Å². The average Bonchev–Trinajstić information content (AvgIpc) is 3.28. The maximum Gasteiger partial charge on any atom is 0.257 e. The van der Waals surface area contributed by atoms with Crippen molar-refractivity contribution in [2.45, 2.75) is 19.8 Å². The van der Waals surface area contributed by atoms with Gasteiger partial charge in [0.1, 0.15) is 11.6 Å². The van der Waals surface area contributed by atoms with Crippen LogP contribution in [-0.2, 0) is 4.79 Å². The Morgan fingerprint density at radius 1 is 1.20 bits per heavy atom. The molecule has 0 unspecified atom stereocenters. The van der Waals surface area contributed by atoms with Crippen LogP contribution in [0.15, 0.2) is 41.0 Å². The van der Waals surface area contributed by atoms with E-state index in [1.807, 2.05) is 0 Å². The number of carbonyl (C=O) groups excluding carboxylic acids is 2. The molecule has 2 aliphatic heterocycles. The van der Waals surface area contributed by atoms with Crippen molar-refractivity contribution in [1.82, 2.24) is 4.90 Å². The highest BCUT2D eigenvalue weighted by atomic mass is 19.1. The van der Waals surface area contributed by atoms with Crippen LogP contribution < -0.4 is 4.90 Å². The molecule has 0 saturated carbocycles. The number of likely N-dealkylation sites (tertiary alicyclic amines) is 1. The van der Waals surface area contributed by atoms with Crippen LogP contribution in [0.25, 0.3) is 0 Å². The largest absolute Gasteiger partial charge is 0.469 e. The molecule has 4 rings (SSSR count). The van der Waals surface area contributed by atoms with E-state index >= 15 is 0 Å². The van der Waals surface area contributed by atoms with Crippen LogP contribution >= 0.6 is 0 Å². The van der Waals surface area contributed by atoms with Crippen molar-refractivity contribution in [1.29, 1.82) is 0 Å². The lowest BCUT2D eigenvalue weighted by molar-refractivity contribution is -0.117. The van der Waals surface area contributed by atoms with E-state index in [1.54, 1.807) is 34.9 Å². The molecule has 1 spiro atoms. The number of amides is 2. The molecule has 1 aromatic heterocycles. The van der Waals surface area contributed by atoms with Gasteiger partial charge in [-0.15, -0.1) is 0 Å². The zero-order chi connectivity index (χ0) is 17.6. The predicted molar refractivity (Wildman–Crippen MR) is 89.8 cm³/mol. The highest BCUT2D eigenvalue weighted by Crippen LogP contribution is 2.42.